The highest BCUT2D eigenvalue weighted by Gasteiger charge is 2.32. The molecule has 1 aliphatic rings. The molecule has 7 nitrogen and oxygen atoms in total. The molecule has 1 aliphatic carbocycles. The zero-order valence-electron chi connectivity index (χ0n) is 19.2. The van der Waals surface area contributed by atoms with Crippen molar-refractivity contribution in [1.82, 2.24) is 4.98 Å². The number of esters is 1. The molecule has 0 bridgehead atoms. The smallest absolute Gasteiger partial charge is 0.355 e. The van der Waals surface area contributed by atoms with Crippen LogP contribution in [-0.2, 0) is 17.8 Å². The van der Waals surface area contributed by atoms with Crippen LogP contribution in [0.15, 0.2) is 42.5 Å². The van der Waals surface area contributed by atoms with Crippen LogP contribution in [0.5, 0.6) is 17.2 Å². The first-order valence-corrected chi connectivity index (χ1v) is 10.7. The Morgan fingerprint density at radius 1 is 0.970 bits per heavy atom. The zero-order chi connectivity index (χ0) is 23.5. The van der Waals surface area contributed by atoms with E-state index >= 15 is 0 Å². The van der Waals surface area contributed by atoms with Crippen molar-refractivity contribution in [2.45, 2.75) is 32.3 Å². The Labute approximate surface area is 192 Å². The Bertz CT molecular complexity index is 1180. The topological polar surface area (TPSA) is 86.9 Å². The largest absolute Gasteiger partial charge is 0.497 e. The second-order valence-corrected chi connectivity index (χ2v) is 8.05. The number of fused-ring (bicyclic) bond motifs is 1. The van der Waals surface area contributed by atoms with E-state index in [1.54, 1.807) is 28.3 Å². The number of Topliss-reactive ketones (excluding diaryl/α,β-unsaturated/α-hetero) is 1. The number of hydrogen-bond donors (Lipinski definition) is 1. The maximum atomic E-state index is 13.0. The minimum atomic E-state index is -0.479. The van der Waals surface area contributed by atoms with Gasteiger partial charge in [0.2, 0.25) is 0 Å². The molecule has 1 aromatic heterocycles. The molecular weight excluding hydrogens is 422 g/mol. The standard InChI is InChI=1S/C26H27NO6/c1-15-24-20(27-25(15)26(29)33-14-16-5-8-19(30-2)9-6-16)11-18(12-21(24)28)17-7-10-22(31-3)23(13-17)32-4/h5-10,13,18,27H,11-12,14H2,1-4H3/t18-/m0/s1. The predicted molar refractivity (Wildman–Crippen MR) is 123 cm³/mol. The van der Waals surface area contributed by atoms with E-state index in [4.69, 9.17) is 18.9 Å². The molecule has 0 aliphatic heterocycles. The Hall–Kier alpha value is -3.74. The van der Waals surface area contributed by atoms with Gasteiger partial charge in [0.15, 0.2) is 17.3 Å². The van der Waals surface area contributed by atoms with Crippen LogP contribution >= 0.6 is 0 Å². The van der Waals surface area contributed by atoms with Crippen LogP contribution in [0.25, 0.3) is 0 Å². The maximum absolute atomic E-state index is 13.0. The Morgan fingerprint density at radius 2 is 1.70 bits per heavy atom. The number of aromatic amines is 1. The molecule has 4 rings (SSSR count). The Balaban J connectivity index is 1.52. The van der Waals surface area contributed by atoms with Gasteiger partial charge in [0.1, 0.15) is 18.1 Å². The summed E-state index contributed by atoms with van der Waals surface area (Å²) in [5, 5.41) is 0. The minimum absolute atomic E-state index is 0.0130. The highest BCUT2D eigenvalue weighted by molar-refractivity contribution is 6.03. The average Bonchev–Trinajstić information content (AvgIpc) is 3.19. The number of nitrogens with one attached hydrogen (secondary N) is 1. The van der Waals surface area contributed by atoms with Crippen LogP contribution in [0.1, 0.15) is 55.6 Å². The molecule has 0 saturated carbocycles. The van der Waals surface area contributed by atoms with Crippen molar-refractivity contribution < 1.29 is 28.5 Å². The van der Waals surface area contributed by atoms with Gasteiger partial charge in [-0.2, -0.15) is 0 Å². The number of methoxy groups -OCH3 is 3. The molecule has 0 saturated heterocycles. The second-order valence-electron chi connectivity index (χ2n) is 8.05. The van der Waals surface area contributed by atoms with Gasteiger partial charge in [-0.15, -0.1) is 0 Å². The van der Waals surface area contributed by atoms with Crippen molar-refractivity contribution in [3.8, 4) is 17.2 Å². The molecule has 1 heterocycles. The van der Waals surface area contributed by atoms with Gasteiger partial charge in [0.05, 0.1) is 21.3 Å². The summed E-state index contributed by atoms with van der Waals surface area (Å²) in [5.74, 6) is 1.51. The molecule has 0 radical (unpaired) electrons. The number of hydrogen-bond acceptors (Lipinski definition) is 6. The predicted octanol–water partition coefficient (Wildman–Crippen LogP) is 4.62. The number of benzene rings is 2. The molecule has 1 N–H and O–H groups in total. The van der Waals surface area contributed by atoms with Crippen LogP contribution < -0.4 is 14.2 Å². The van der Waals surface area contributed by atoms with Gasteiger partial charge in [-0.3, -0.25) is 4.79 Å². The number of aromatic nitrogens is 1. The number of ketones is 1. The lowest BCUT2D eigenvalue weighted by Gasteiger charge is -2.23. The van der Waals surface area contributed by atoms with Gasteiger partial charge >= 0.3 is 5.97 Å². The summed E-state index contributed by atoms with van der Waals surface area (Å²) in [6.07, 6.45) is 0.977. The van der Waals surface area contributed by atoms with Crippen LogP contribution in [0.3, 0.4) is 0 Å². The van der Waals surface area contributed by atoms with Crippen molar-refractivity contribution in [2.75, 3.05) is 21.3 Å². The number of carbonyl (C=O) groups excluding carboxylic acids is 2. The van der Waals surface area contributed by atoms with E-state index in [2.05, 4.69) is 4.98 Å². The molecule has 0 spiro atoms. The summed E-state index contributed by atoms with van der Waals surface area (Å²) >= 11 is 0. The molecule has 3 aromatic rings. The van der Waals surface area contributed by atoms with Gasteiger partial charge in [0.25, 0.3) is 0 Å². The number of ether oxygens (including phenoxy) is 4. The Kier molecular flexibility index (Phi) is 6.40. The quantitative estimate of drug-likeness (QED) is 0.530. The van der Waals surface area contributed by atoms with E-state index in [-0.39, 0.29) is 18.3 Å². The molecule has 0 amide bonds. The van der Waals surface area contributed by atoms with Gasteiger partial charge in [-0.1, -0.05) is 18.2 Å². The fraction of sp³-hybridized carbons (Fsp3) is 0.308. The van der Waals surface area contributed by atoms with Crippen LogP contribution in [0.2, 0.25) is 0 Å². The second kappa shape index (κ2) is 9.40. The lowest BCUT2D eigenvalue weighted by Crippen LogP contribution is -2.18. The first-order chi connectivity index (χ1) is 15.9. The molecule has 172 valence electrons. The summed E-state index contributed by atoms with van der Waals surface area (Å²) in [5.41, 5.74) is 4.17. The number of rotatable bonds is 7. The molecule has 0 unspecified atom stereocenters. The molecule has 1 atom stereocenters. The van der Waals surface area contributed by atoms with Gasteiger partial charge in [0, 0.05) is 17.7 Å². The molecular formula is C26H27NO6. The van der Waals surface area contributed by atoms with E-state index in [9.17, 15) is 9.59 Å². The van der Waals surface area contributed by atoms with Crippen LogP contribution in [0.4, 0.5) is 0 Å². The summed E-state index contributed by atoms with van der Waals surface area (Å²) in [7, 11) is 4.77. The monoisotopic (exact) mass is 449 g/mol. The summed E-state index contributed by atoms with van der Waals surface area (Å²) in [6.45, 7) is 1.92. The SMILES string of the molecule is COc1ccc(COC(=O)c2[nH]c3c(c2C)C(=O)C[C@@H](c2ccc(OC)c(OC)c2)C3)cc1. The Morgan fingerprint density at radius 3 is 2.36 bits per heavy atom. The fourth-order valence-corrected chi connectivity index (χ4v) is 4.32. The van der Waals surface area contributed by atoms with Crippen molar-refractivity contribution in [1.29, 1.82) is 0 Å². The number of carbonyl (C=O) groups is 2. The average molecular weight is 450 g/mol. The van der Waals surface area contributed by atoms with Crippen molar-refractivity contribution >= 4 is 11.8 Å². The summed E-state index contributed by atoms with van der Waals surface area (Å²) in [6, 6.07) is 13.0. The van der Waals surface area contributed by atoms with E-state index < -0.39 is 5.97 Å². The summed E-state index contributed by atoms with van der Waals surface area (Å²) in [4.78, 5) is 28.9. The lowest BCUT2D eigenvalue weighted by atomic mass is 9.81. The third-order valence-corrected chi connectivity index (χ3v) is 6.10. The maximum Gasteiger partial charge on any atom is 0.355 e. The van der Waals surface area contributed by atoms with E-state index in [1.165, 1.54) is 0 Å². The highest BCUT2D eigenvalue weighted by atomic mass is 16.5. The fourth-order valence-electron chi connectivity index (χ4n) is 4.32. The third kappa shape index (κ3) is 4.44. The van der Waals surface area contributed by atoms with E-state index in [0.717, 1.165) is 22.6 Å². The zero-order valence-corrected chi connectivity index (χ0v) is 19.2. The highest BCUT2D eigenvalue weighted by Crippen LogP contribution is 2.38. The normalized spacial score (nSPS) is 15.0. The van der Waals surface area contributed by atoms with Gasteiger partial charge in [-0.25, -0.2) is 4.79 Å². The molecule has 33 heavy (non-hydrogen) atoms. The van der Waals surface area contributed by atoms with Crippen molar-refractivity contribution in [2.24, 2.45) is 0 Å². The molecule has 7 heteroatoms. The van der Waals surface area contributed by atoms with Crippen molar-refractivity contribution in [3.05, 3.63) is 76.1 Å². The minimum Gasteiger partial charge on any atom is -0.497 e. The van der Waals surface area contributed by atoms with Crippen molar-refractivity contribution in [3.63, 3.8) is 0 Å². The summed E-state index contributed by atoms with van der Waals surface area (Å²) < 4.78 is 21.4. The molecule has 2 aromatic carbocycles. The van der Waals surface area contributed by atoms with Gasteiger partial charge in [-0.05, 0) is 60.2 Å². The molecule has 0 fully saturated rings. The van der Waals surface area contributed by atoms with E-state index in [0.29, 0.717) is 41.2 Å². The van der Waals surface area contributed by atoms with Gasteiger partial charge < -0.3 is 23.9 Å². The van der Waals surface area contributed by atoms with Crippen LogP contribution in [-0.4, -0.2) is 38.1 Å². The van der Waals surface area contributed by atoms with Crippen LogP contribution in [0, 0.1) is 6.92 Å². The lowest BCUT2D eigenvalue weighted by molar-refractivity contribution is 0.0465. The number of H-pyrrole nitrogens is 1. The first-order valence-electron chi connectivity index (χ1n) is 10.7. The first kappa shape index (κ1) is 22.5. The third-order valence-electron chi connectivity index (χ3n) is 6.10. The van der Waals surface area contributed by atoms with E-state index in [1.807, 2.05) is 42.5 Å².